The van der Waals surface area contributed by atoms with E-state index in [9.17, 15) is 4.79 Å². The molecule has 0 spiro atoms. The lowest BCUT2D eigenvalue weighted by atomic mass is 10.2. The molecule has 0 saturated carbocycles. The molecule has 76 valence electrons. The highest BCUT2D eigenvalue weighted by molar-refractivity contribution is 5.67. The molecular weight excluding hydrogens is 186 g/mol. The average molecular weight is 198 g/mol. The van der Waals surface area contributed by atoms with Crippen molar-refractivity contribution < 1.29 is 19.4 Å². The monoisotopic (exact) mass is 198 g/mol. The van der Waals surface area contributed by atoms with Crippen LogP contribution in [0.3, 0.4) is 0 Å². The van der Waals surface area contributed by atoms with E-state index >= 15 is 0 Å². The molecule has 0 bridgehead atoms. The van der Waals surface area contributed by atoms with Crippen molar-refractivity contribution in [3.05, 3.63) is 29.8 Å². The maximum absolute atomic E-state index is 10.1. The Hall–Kier alpha value is -1.55. The fourth-order valence-electron chi connectivity index (χ4n) is 0.978. The molecule has 1 aromatic rings. The molecule has 0 heterocycles. The standard InChI is InChI=1S/C10H12O4/c1-13-9-4-2-8(3-5-9)6-14-7-10(11)12/h2-5H,6-7H2,1H3,(H,11,12)/i7+1,10+1. The van der Waals surface area contributed by atoms with Crippen LogP contribution in [0.1, 0.15) is 5.56 Å². The molecule has 0 saturated heterocycles. The summed E-state index contributed by atoms with van der Waals surface area (Å²) in [7, 11) is 1.59. The molecule has 0 aromatic heterocycles. The molecule has 1 rings (SSSR count). The summed E-state index contributed by atoms with van der Waals surface area (Å²) in [6, 6.07) is 7.28. The van der Waals surface area contributed by atoms with Crippen molar-refractivity contribution >= 4 is 5.97 Å². The highest BCUT2D eigenvalue weighted by Crippen LogP contribution is 2.11. The van der Waals surface area contributed by atoms with Gasteiger partial charge in [-0.15, -0.1) is 0 Å². The second-order valence-electron chi connectivity index (χ2n) is 2.73. The largest absolute Gasteiger partial charge is 0.497 e. The molecule has 0 aliphatic heterocycles. The van der Waals surface area contributed by atoms with Crippen molar-refractivity contribution in [2.45, 2.75) is 6.61 Å². The third kappa shape index (κ3) is 3.45. The van der Waals surface area contributed by atoms with Gasteiger partial charge in [0.2, 0.25) is 0 Å². The van der Waals surface area contributed by atoms with Gasteiger partial charge in [-0.2, -0.15) is 0 Å². The van der Waals surface area contributed by atoms with Gasteiger partial charge in [-0.1, -0.05) is 12.1 Å². The Morgan fingerprint density at radius 2 is 2.00 bits per heavy atom. The van der Waals surface area contributed by atoms with Crippen LogP contribution in [0.25, 0.3) is 0 Å². The molecule has 0 atom stereocenters. The minimum atomic E-state index is -0.960. The fraction of sp³-hybridized carbons (Fsp3) is 0.300. The zero-order chi connectivity index (χ0) is 10.4. The molecule has 0 fully saturated rings. The van der Waals surface area contributed by atoms with Gasteiger partial charge in [-0.3, -0.25) is 0 Å². The van der Waals surface area contributed by atoms with Gasteiger partial charge < -0.3 is 14.6 Å². The van der Waals surface area contributed by atoms with E-state index in [-0.39, 0.29) is 6.61 Å². The number of aliphatic carboxylic acids is 1. The Morgan fingerprint density at radius 1 is 1.36 bits per heavy atom. The number of carboxylic acid groups (broad SMARTS) is 1. The number of hydrogen-bond donors (Lipinski definition) is 1. The first-order valence-electron chi connectivity index (χ1n) is 4.15. The third-order valence-electron chi connectivity index (χ3n) is 1.65. The second kappa shape index (κ2) is 5.24. The minimum Gasteiger partial charge on any atom is -0.497 e. The van der Waals surface area contributed by atoms with E-state index in [0.29, 0.717) is 6.61 Å². The van der Waals surface area contributed by atoms with Crippen LogP contribution >= 0.6 is 0 Å². The Bertz CT molecular complexity index is 291. The number of benzene rings is 1. The van der Waals surface area contributed by atoms with Gasteiger partial charge in [-0.25, -0.2) is 4.79 Å². The van der Waals surface area contributed by atoms with E-state index in [2.05, 4.69) is 0 Å². The predicted octanol–water partition coefficient (Wildman–Crippen LogP) is 1.30. The summed E-state index contributed by atoms with van der Waals surface area (Å²) in [6.07, 6.45) is 0. The van der Waals surface area contributed by atoms with Crippen molar-refractivity contribution in [2.24, 2.45) is 0 Å². The molecule has 0 aliphatic carbocycles. The number of ether oxygens (including phenoxy) is 2. The first kappa shape index (κ1) is 10.5. The van der Waals surface area contributed by atoms with Crippen LogP contribution in [-0.4, -0.2) is 24.8 Å². The molecule has 1 aromatic carbocycles. The van der Waals surface area contributed by atoms with E-state index in [1.807, 2.05) is 12.1 Å². The fourth-order valence-corrected chi connectivity index (χ4v) is 0.978. The van der Waals surface area contributed by atoms with Gasteiger partial charge in [0.15, 0.2) is 0 Å². The highest BCUT2D eigenvalue weighted by Gasteiger charge is 1.98. The van der Waals surface area contributed by atoms with Gasteiger partial charge in [-0.05, 0) is 17.7 Å². The van der Waals surface area contributed by atoms with Crippen molar-refractivity contribution in [1.29, 1.82) is 0 Å². The van der Waals surface area contributed by atoms with Crippen molar-refractivity contribution in [3.8, 4) is 5.75 Å². The predicted molar refractivity (Wildman–Crippen MR) is 50.3 cm³/mol. The van der Waals surface area contributed by atoms with Gasteiger partial charge in [0.1, 0.15) is 12.4 Å². The van der Waals surface area contributed by atoms with Crippen LogP contribution in [0.15, 0.2) is 24.3 Å². The van der Waals surface area contributed by atoms with Crippen LogP contribution in [0, 0.1) is 0 Å². The van der Waals surface area contributed by atoms with Crippen LogP contribution in [0.4, 0.5) is 0 Å². The molecule has 0 unspecified atom stereocenters. The van der Waals surface area contributed by atoms with Gasteiger partial charge >= 0.3 is 5.97 Å². The molecule has 4 nitrogen and oxygen atoms in total. The van der Waals surface area contributed by atoms with Crippen molar-refractivity contribution in [1.82, 2.24) is 0 Å². The molecule has 14 heavy (non-hydrogen) atoms. The molecule has 0 radical (unpaired) electrons. The SMILES string of the molecule is COc1ccc(CO[13CH2][13C](=O)O)cc1. The molecule has 0 amide bonds. The Kier molecular flexibility index (Phi) is 3.94. The van der Waals surface area contributed by atoms with E-state index < -0.39 is 5.97 Å². The lowest BCUT2D eigenvalue weighted by Gasteiger charge is -2.03. The number of hydrogen-bond acceptors (Lipinski definition) is 3. The summed E-state index contributed by atoms with van der Waals surface area (Å²) in [6.45, 7) is 0.0301. The Morgan fingerprint density at radius 3 is 2.50 bits per heavy atom. The summed E-state index contributed by atoms with van der Waals surface area (Å²) in [5.41, 5.74) is 0.923. The second-order valence-corrected chi connectivity index (χ2v) is 2.73. The maximum Gasteiger partial charge on any atom is 0.329 e. The summed E-state index contributed by atoms with van der Waals surface area (Å²) in [5, 5.41) is 8.33. The number of carboxylic acids is 1. The summed E-state index contributed by atoms with van der Waals surface area (Å²) >= 11 is 0. The number of rotatable bonds is 5. The lowest BCUT2D eigenvalue weighted by molar-refractivity contribution is -0.142. The highest BCUT2D eigenvalue weighted by atomic mass is 16.6. The van der Waals surface area contributed by atoms with Crippen LogP contribution < -0.4 is 4.74 Å². The third-order valence-corrected chi connectivity index (χ3v) is 1.65. The number of methoxy groups -OCH3 is 1. The van der Waals surface area contributed by atoms with Gasteiger partial charge in [0.25, 0.3) is 0 Å². The van der Waals surface area contributed by atoms with Crippen LogP contribution in [0.2, 0.25) is 0 Å². The topological polar surface area (TPSA) is 55.8 Å². The van der Waals surface area contributed by atoms with E-state index in [0.717, 1.165) is 11.3 Å². The molecule has 4 heteroatoms. The normalized spacial score (nSPS) is 9.79. The average Bonchev–Trinajstić information content (AvgIpc) is 2.18. The summed E-state index contributed by atoms with van der Waals surface area (Å²) in [4.78, 5) is 10.1. The van der Waals surface area contributed by atoms with Crippen molar-refractivity contribution in [2.75, 3.05) is 13.7 Å². The lowest BCUT2D eigenvalue weighted by Crippen LogP contribution is -2.06. The first-order valence-corrected chi connectivity index (χ1v) is 4.15. The zero-order valence-corrected chi connectivity index (χ0v) is 7.90. The quantitative estimate of drug-likeness (QED) is 0.724. The molecule has 0 aliphatic rings. The van der Waals surface area contributed by atoms with Gasteiger partial charge in [0.05, 0.1) is 13.7 Å². The first-order chi connectivity index (χ1) is 6.72. The summed E-state index contributed by atoms with van der Waals surface area (Å²) in [5.74, 6) is -0.189. The van der Waals surface area contributed by atoms with Crippen molar-refractivity contribution in [3.63, 3.8) is 0 Å². The number of carbonyl (C=O) groups is 1. The maximum atomic E-state index is 10.1. The van der Waals surface area contributed by atoms with E-state index in [1.54, 1.807) is 19.2 Å². The van der Waals surface area contributed by atoms with Crippen LogP contribution in [-0.2, 0) is 16.1 Å². The Balaban J connectivity index is 2.40. The smallest absolute Gasteiger partial charge is 0.329 e. The molecular formula is C10H12O4. The van der Waals surface area contributed by atoms with Gasteiger partial charge in [0, 0.05) is 0 Å². The van der Waals surface area contributed by atoms with E-state index in [4.69, 9.17) is 14.6 Å². The summed E-state index contributed by atoms with van der Waals surface area (Å²) < 4.78 is 9.89. The van der Waals surface area contributed by atoms with Crippen LogP contribution in [0.5, 0.6) is 5.75 Å². The Labute approximate surface area is 82.1 Å². The van der Waals surface area contributed by atoms with E-state index in [1.165, 1.54) is 0 Å². The zero-order valence-electron chi connectivity index (χ0n) is 7.90. The molecule has 1 N–H and O–H groups in total. The minimum absolute atomic E-state index is 0.272.